The Balaban J connectivity index is 1.56. The zero-order valence-electron chi connectivity index (χ0n) is 11.8. The average Bonchev–Trinajstić information content (AvgIpc) is 3.03. The van der Waals surface area contributed by atoms with Gasteiger partial charge in [-0.1, -0.05) is 30.3 Å². The van der Waals surface area contributed by atoms with Crippen molar-refractivity contribution < 1.29 is 4.79 Å². The number of rotatable bonds is 4. The van der Waals surface area contributed by atoms with Gasteiger partial charge >= 0.3 is 0 Å². The second-order valence-electron chi connectivity index (χ2n) is 4.96. The maximum atomic E-state index is 12.1. The quantitative estimate of drug-likeness (QED) is 0.866. The number of hydrogen-bond acceptors (Lipinski definition) is 5. The van der Waals surface area contributed by atoms with Gasteiger partial charge in [0.1, 0.15) is 0 Å². The molecule has 1 aliphatic rings. The Labute approximate surface area is 122 Å². The van der Waals surface area contributed by atoms with Gasteiger partial charge in [0.25, 0.3) is 0 Å². The smallest absolute Gasteiger partial charge is 0.224 e. The maximum absolute atomic E-state index is 12.1. The number of carbonyl (C=O) groups is 1. The standard InChI is InChI=1S/C14H18N6O/c21-13(19-10-7-15-8-11-19)6-9-20-17-14(16-18-20)12-4-2-1-3-5-12/h1-5,15H,6-11H2. The summed E-state index contributed by atoms with van der Waals surface area (Å²) in [7, 11) is 0. The second kappa shape index (κ2) is 6.45. The summed E-state index contributed by atoms with van der Waals surface area (Å²) < 4.78 is 0. The highest BCUT2D eigenvalue weighted by molar-refractivity contribution is 5.76. The van der Waals surface area contributed by atoms with Crippen molar-refractivity contribution in [3.63, 3.8) is 0 Å². The van der Waals surface area contributed by atoms with Gasteiger partial charge in [0.05, 0.1) is 6.54 Å². The molecule has 0 unspecified atom stereocenters. The zero-order chi connectivity index (χ0) is 14.5. The van der Waals surface area contributed by atoms with Gasteiger partial charge in [-0.05, 0) is 5.21 Å². The van der Waals surface area contributed by atoms with Crippen molar-refractivity contribution in [2.24, 2.45) is 0 Å². The molecule has 1 aliphatic heterocycles. The van der Waals surface area contributed by atoms with Crippen molar-refractivity contribution >= 4 is 5.91 Å². The van der Waals surface area contributed by atoms with Gasteiger partial charge in [0, 0.05) is 38.2 Å². The van der Waals surface area contributed by atoms with E-state index >= 15 is 0 Å². The molecular formula is C14H18N6O. The first-order valence-electron chi connectivity index (χ1n) is 7.14. The van der Waals surface area contributed by atoms with Crippen LogP contribution in [0.3, 0.4) is 0 Å². The van der Waals surface area contributed by atoms with Crippen LogP contribution in [0.15, 0.2) is 30.3 Å². The van der Waals surface area contributed by atoms with Gasteiger partial charge in [-0.3, -0.25) is 4.79 Å². The fourth-order valence-corrected chi connectivity index (χ4v) is 2.31. The molecular weight excluding hydrogens is 268 g/mol. The van der Waals surface area contributed by atoms with Crippen LogP contribution in [0.2, 0.25) is 0 Å². The SMILES string of the molecule is O=C(CCn1nnc(-c2ccccc2)n1)N1CCNCC1. The molecule has 1 amide bonds. The predicted octanol–water partition coefficient (Wildman–Crippen LogP) is 0.162. The highest BCUT2D eigenvalue weighted by atomic mass is 16.2. The van der Waals surface area contributed by atoms with Crippen LogP contribution in [0.25, 0.3) is 11.4 Å². The van der Waals surface area contributed by atoms with Crippen LogP contribution in [-0.4, -0.2) is 57.2 Å². The van der Waals surface area contributed by atoms with E-state index < -0.39 is 0 Å². The third-order valence-electron chi connectivity index (χ3n) is 3.48. The van der Waals surface area contributed by atoms with E-state index in [-0.39, 0.29) is 5.91 Å². The first kappa shape index (κ1) is 13.7. The van der Waals surface area contributed by atoms with Crippen molar-refractivity contribution in [1.82, 2.24) is 30.4 Å². The first-order chi connectivity index (χ1) is 10.3. The van der Waals surface area contributed by atoms with Gasteiger partial charge in [-0.15, -0.1) is 10.2 Å². The number of benzene rings is 1. The minimum atomic E-state index is 0.148. The third-order valence-corrected chi connectivity index (χ3v) is 3.48. The lowest BCUT2D eigenvalue weighted by atomic mass is 10.2. The lowest BCUT2D eigenvalue weighted by molar-refractivity contribution is -0.132. The van der Waals surface area contributed by atoms with Crippen LogP contribution in [0.1, 0.15) is 6.42 Å². The molecule has 0 aliphatic carbocycles. The Morgan fingerprint density at radius 3 is 2.71 bits per heavy atom. The van der Waals surface area contributed by atoms with Crippen LogP contribution < -0.4 is 5.32 Å². The summed E-state index contributed by atoms with van der Waals surface area (Å²) in [5.74, 6) is 0.736. The largest absolute Gasteiger partial charge is 0.340 e. The molecule has 7 heteroatoms. The van der Waals surface area contributed by atoms with E-state index in [1.165, 1.54) is 4.80 Å². The number of aromatic nitrogens is 4. The van der Waals surface area contributed by atoms with Crippen LogP contribution >= 0.6 is 0 Å². The van der Waals surface area contributed by atoms with Gasteiger partial charge in [0.15, 0.2) is 0 Å². The van der Waals surface area contributed by atoms with E-state index in [0.717, 1.165) is 31.7 Å². The Kier molecular flexibility index (Phi) is 4.20. The van der Waals surface area contributed by atoms with Crippen LogP contribution in [-0.2, 0) is 11.3 Å². The van der Waals surface area contributed by atoms with E-state index in [0.29, 0.717) is 18.8 Å². The molecule has 0 spiro atoms. The molecule has 2 aromatic rings. The van der Waals surface area contributed by atoms with Crippen molar-refractivity contribution in [2.45, 2.75) is 13.0 Å². The first-order valence-corrected chi connectivity index (χ1v) is 7.14. The van der Waals surface area contributed by atoms with E-state index in [4.69, 9.17) is 0 Å². The van der Waals surface area contributed by atoms with Gasteiger partial charge < -0.3 is 10.2 Å². The van der Waals surface area contributed by atoms with Crippen molar-refractivity contribution in [3.8, 4) is 11.4 Å². The minimum Gasteiger partial charge on any atom is -0.340 e. The predicted molar refractivity (Wildman–Crippen MR) is 77.3 cm³/mol. The van der Waals surface area contributed by atoms with Crippen LogP contribution in [0.4, 0.5) is 0 Å². The summed E-state index contributed by atoms with van der Waals surface area (Å²) in [6, 6.07) is 9.69. The second-order valence-corrected chi connectivity index (χ2v) is 4.96. The topological polar surface area (TPSA) is 75.9 Å². The molecule has 0 bridgehead atoms. The Morgan fingerprint density at radius 1 is 1.19 bits per heavy atom. The number of carbonyl (C=O) groups excluding carboxylic acids is 1. The molecule has 1 aromatic carbocycles. The molecule has 2 heterocycles. The minimum absolute atomic E-state index is 0.148. The fourth-order valence-electron chi connectivity index (χ4n) is 2.31. The van der Waals surface area contributed by atoms with Crippen LogP contribution in [0, 0.1) is 0 Å². The highest BCUT2D eigenvalue weighted by Gasteiger charge is 2.16. The number of nitrogens with one attached hydrogen (secondary N) is 1. The summed E-state index contributed by atoms with van der Waals surface area (Å²) in [4.78, 5) is 15.4. The molecule has 0 saturated carbocycles. The van der Waals surface area contributed by atoms with E-state index in [1.807, 2.05) is 35.2 Å². The molecule has 0 atom stereocenters. The summed E-state index contributed by atoms with van der Waals surface area (Å²) in [6.07, 6.45) is 0.407. The fraction of sp³-hybridized carbons (Fsp3) is 0.429. The van der Waals surface area contributed by atoms with E-state index in [9.17, 15) is 4.79 Å². The zero-order valence-corrected chi connectivity index (χ0v) is 11.8. The molecule has 1 fully saturated rings. The number of tetrazole rings is 1. The Morgan fingerprint density at radius 2 is 1.95 bits per heavy atom. The lowest BCUT2D eigenvalue weighted by Gasteiger charge is -2.27. The molecule has 1 N–H and O–H groups in total. The van der Waals surface area contributed by atoms with Crippen LogP contribution in [0.5, 0.6) is 0 Å². The average molecular weight is 286 g/mol. The molecule has 7 nitrogen and oxygen atoms in total. The number of aryl methyl sites for hydroxylation is 1. The monoisotopic (exact) mass is 286 g/mol. The highest BCUT2D eigenvalue weighted by Crippen LogP contribution is 2.11. The molecule has 1 aromatic heterocycles. The third kappa shape index (κ3) is 3.43. The van der Waals surface area contributed by atoms with Gasteiger partial charge in [0.2, 0.25) is 11.7 Å². The molecule has 110 valence electrons. The molecule has 0 radical (unpaired) electrons. The van der Waals surface area contributed by atoms with E-state index in [2.05, 4.69) is 20.7 Å². The number of nitrogens with zero attached hydrogens (tertiary/aromatic N) is 5. The van der Waals surface area contributed by atoms with Gasteiger partial charge in [-0.25, -0.2) is 0 Å². The summed E-state index contributed by atoms with van der Waals surface area (Å²) in [5.41, 5.74) is 0.928. The summed E-state index contributed by atoms with van der Waals surface area (Å²) in [5, 5.41) is 15.6. The van der Waals surface area contributed by atoms with E-state index in [1.54, 1.807) is 0 Å². The maximum Gasteiger partial charge on any atom is 0.224 e. The number of hydrogen-bond donors (Lipinski definition) is 1. The number of amides is 1. The lowest BCUT2D eigenvalue weighted by Crippen LogP contribution is -2.46. The molecule has 1 saturated heterocycles. The van der Waals surface area contributed by atoms with Gasteiger partial charge in [-0.2, -0.15) is 4.80 Å². The Hall–Kier alpha value is -2.28. The molecule has 3 rings (SSSR count). The van der Waals surface area contributed by atoms with Crippen molar-refractivity contribution in [2.75, 3.05) is 26.2 Å². The van der Waals surface area contributed by atoms with Crippen molar-refractivity contribution in [1.29, 1.82) is 0 Å². The van der Waals surface area contributed by atoms with Crippen molar-refractivity contribution in [3.05, 3.63) is 30.3 Å². The summed E-state index contributed by atoms with van der Waals surface area (Å²) >= 11 is 0. The normalized spacial score (nSPS) is 15.1. The number of piperazine rings is 1. The summed E-state index contributed by atoms with van der Waals surface area (Å²) in [6.45, 7) is 3.75. The Bertz CT molecular complexity index is 591. The molecule has 21 heavy (non-hydrogen) atoms.